The van der Waals surface area contributed by atoms with Gasteiger partial charge in [0.25, 0.3) is 0 Å². The first-order chi connectivity index (χ1) is 18.8. The number of hydrogen-bond donors (Lipinski definition) is 3. The summed E-state index contributed by atoms with van der Waals surface area (Å²) in [6.07, 6.45) is 2.38. The van der Waals surface area contributed by atoms with Crippen molar-refractivity contribution in [3.8, 4) is 16.9 Å². The maximum absolute atomic E-state index is 14.3. The highest BCUT2D eigenvalue weighted by Crippen LogP contribution is 2.38. The van der Waals surface area contributed by atoms with E-state index in [1.807, 2.05) is 55.5 Å². The van der Waals surface area contributed by atoms with Crippen molar-refractivity contribution in [2.45, 2.75) is 39.7 Å². The van der Waals surface area contributed by atoms with Crippen molar-refractivity contribution in [1.82, 2.24) is 0 Å². The van der Waals surface area contributed by atoms with Gasteiger partial charge in [0, 0.05) is 5.69 Å². The number of benzene rings is 4. The Labute approximate surface area is 227 Å². The van der Waals surface area contributed by atoms with Crippen LogP contribution in [0.15, 0.2) is 84.9 Å². The summed E-state index contributed by atoms with van der Waals surface area (Å²) in [4.78, 5) is 25.0. The quantitative estimate of drug-likeness (QED) is 0.195. The van der Waals surface area contributed by atoms with Crippen molar-refractivity contribution in [2.75, 3.05) is 10.6 Å². The van der Waals surface area contributed by atoms with Crippen LogP contribution in [0.3, 0.4) is 0 Å². The lowest BCUT2D eigenvalue weighted by molar-refractivity contribution is 0.0697. The Balaban J connectivity index is 1.78. The third-order valence-corrected chi connectivity index (χ3v) is 6.27. The number of unbranched alkanes of at least 4 members (excludes halogenated alkanes) is 1. The summed E-state index contributed by atoms with van der Waals surface area (Å²) in [6, 6.07) is 23.6. The average Bonchev–Trinajstić information content (AvgIpc) is 2.92. The summed E-state index contributed by atoms with van der Waals surface area (Å²) in [5.41, 5.74) is 4.44. The molecule has 4 rings (SSSR count). The summed E-state index contributed by atoms with van der Waals surface area (Å²) < 4.78 is 20.5. The van der Waals surface area contributed by atoms with E-state index in [0.717, 1.165) is 35.6 Å². The van der Waals surface area contributed by atoms with Gasteiger partial charge in [-0.3, -0.25) is 0 Å². The molecule has 0 unspecified atom stereocenters. The summed E-state index contributed by atoms with van der Waals surface area (Å²) in [5.74, 6) is -1.24. The minimum Gasteiger partial charge on any atom is -0.486 e. The Bertz CT molecular complexity index is 1450. The van der Waals surface area contributed by atoms with Gasteiger partial charge in [0.15, 0.2) is 0 Å². The topological polar surface area (TPSA) is 87.7 Å². The molecule has 200 valence electrons. The summed E-state index contributed by atoms with van der Waals surface area (Å²) >= 11 is 0. The van der Waals surface area contributed by atoms with Crippen LogP contribution < -0.4 is 15.4 Å². The van der Waals surface area contributed by atoms with E-state index in [-0.39, 0.29) is 17.7 Å². The van der Waals surface area contributed by atoms with Gasteiger partial charge in [0.05, 0.1) is 11.3 Å². The molecule has 0 radical (unpaired) electrons. The lowest BCUT2D eigenvalue weighted by Gasteiger charge is -2.20. The first kappa shape index (κ1) is 27.4. The molecule has 0 spiro atoms. The summed E-state index contributed by atoms with van der Waals surface area (Å²) in [5, 5.41) is 15.5. The molecule has 39 heavy (non-hydrogen) atoms. The van der Waals surface area contributed by atoms with Gasteiger partial charge in [0.1, 0.15) is 18.2 Å². The van der Waals surface area contributed by atoms with Gasteiger partial charge in [-0.25, -0.2) is 14.0 Å². The van der Waals surface area contributed by atoms with Crippen molar-refractivity contribution in [2.24, 2.45) is 0 Å². The van der Waals surface area contributed by atoms with Crippen LogP contribution in [0.2, 0.25) is 0 Å². The molecule has 0 aliphatic carbocycles. The number of carboxylic acid groups (broad SMARTS) is 1. The Morgan fingerprint density at radius 1 is 0.923 bits per heavy atom. The molecule has 0 aliphatic heterocycles. The minimum absolute atomic E-state index is 0.0362. The van der Waals surface area contributed by atoms with Crippen molar-refractivity contribution >= 4 is 23.4 Å². The molecule has 0 aromatic heterocycles. The predicted octanol–water partition coefficient (Wildman–Crippen LogP) is 8.06. The highest BCUT2D eigenvalue weighted by molar-refractivity contribution is 6.02. The lowest BCUT2D eigenvalue weighted by atomic mass is 9.95. The number of ether oxygens (including phenoxy) is 1. The third-order valence-electron chi connectivity index (χ3n) is 6.27. The van der Waals surface area contributed by atoms with Crippen LogP contribution in [0.1, 0.15) is 46.8 Å². The Morgan fingerprint density at radius 2 is 1.67 bits per heavy atom. The van der Waals surface area contributed by atoms with E-state index in [2.05, 4.69) is 17.6 Å². The highest BCUT2D eigenvalue weighted by Gasteiger charge is 2.20. The van der Waals surface area contributed by atoms with Crippen LogP contribution in [0, 0.1) is 12.7 Å². The monoisotopic (exact) mass is 526 g/mol. The predicted molar refractivity (Wildman–Crippen MR) is 152 cm³/mol. The smallest absolute Gasteiger partial charge is 0.336 e. The zero-order valence-electron chi connectivity index (χ0n) is 22.0. The zero-order chi connectivity index (χ0) is 27.8. The van der Waals surface area contributed by atoms with E-state index in [1.54, 1.807) is 18.2 Å². The number of aromatic carboxylic acids is 1. The Morgan fingerprint density at radius 3 is 2.36 bits per heavy atom. The fourth-order valence-electron chi connectivity index (χ4n) is 4.25. The fourth-order valence-corrected chi connectivity index (χ4v) is 4.25. The molecule has 0 bridgehead atoms. The molecule has 0 fully saturated rings. The van der Waals surface area contributed by atoms with Crippen LogP contribution in [0.5, 0.6) is 5.75 Å². The summed E-state index contributed by atoms with van der Waals surface area (Å²) in [6.45, 7) is 4.30. The molecule has 0 saturated heterocycles. The first-order valence-electron chi connectivity index (χ1n) is 12.9. The van der Waals surface area contributed by atoms with Gasteiger partial charge < -0.3 is 20.5 Å². The van der Waals surface area contributed by atoms with Crippen LogP contribution in [0.4, 0.5) is 20.6 Å². The van der Waals surface area contributed by atoms with Gasteiger partial charge in [-0.2, -0.15) is 0 Å². The number of aryl methyl sites for hydroxylation is 2. The highest BCUT2D eigenvalue weighted by atomic mass is 19.1. The second kappa shape index (κ2) is 12.7. The van der Waals surface area contributed by atoms with E-state index < -0.39 is 17.8 Å². The zero-order valence-corrected chi connectivity index (χ0v) is 22.0. The molecule has 2 amide bonds. The Hall–Kier alpha value is -4.65. The van der Waals surface area contributed by atoms with Crippen LogP contribution >= 0.6 is 0 Å². The number of carboxylic acids is 1. The van der Waals surface area contributed by atoms with E-state index in [1.165, 1.54) is 12.1 Å². The summed E-state index contributed by atoms with van der Waals surface area (Å²) in [7, 11) is 0. The number of amides is 2. The fraction of sp³-hybridized carbons (Fsp3) is 0.188. The van der Waals surface area contributed by atoms with Crippen molar-refractivity contribution in [1.29, 1.82) is 0 Å². The van der Waals surface area contributed by atoms with Crippen LogP contribution in [-0.2, 0) is 13.0 Å². The molecule has 0 atom stereocenters. The molecule has 4 aromatic rings. The Kier molecular flexibility index (Phi) is 8.94. The number of hydrogen-bond acceptors (Lipinski definition) is 3. The minimum atomic E-state index is -1.17. The lowest BCUT2D eigenvalue weighted by Crippen LogP contribution is -2.20. The molecule has 6 nitrogen and oxygen atoms in total. The normalized spacial score (nSPS) is 10.6. The van der Waals surface area contributed by atoms with Crippen molar-refractivity contribution < 1.29 is 23.8 Å². The molecule has 0 saturated carbocycles. The molecule has 0 aliphatic rings. The maximum Gasteiger partial charge on any atom is 0.336 e. The molecule has 3 N–H and O–H groups in total. The SMILES string of the molecule is CCCCc1cc(-c2cc(F)ccc2C(=O)O)cc(NC(=O)Nc2ccc(C)cc2)c1OCc1ccccc1. The number of carbonyl (C=O) groups is 2. The number of nitrogens with one attached hydrogen (secondary N) is 2. The second-order valence-corrected chi connectivity index (χ2v) is 9.33. The second-order valence-electron chi connectivity index (χ2n) is 9.33. The van der Waals surface area contributed by atoms with E-state index in [9.17, 15) is 19.1 Å². The van der Waals surface area contributed by atoms with Crippen molar-refractivity contribution in [3.05, 3.63) is 113 Å². The van der Waals surface area contributed by atoms with E-state index in [4.69, 9.17) is 4.74 Å². The van der Waals surface area contributed by atoms with E-state index in [0.29, 0.717) is 29.1 Å². The van der Waals surface area contributed by atoms with Gasteiger partial charge in [-0.1, -0.05) is 61.4 Å². The third kappa shape index (κ3) is 7.23. The van der Waals surface area contributed by atoms with E-state index >= 15 is 0 Å². The number of urea groups is 1. The van der Waals surface area contributed by atoms with Gasteiger partial charge >= 0.3 is 12.0 Å². The maximum atomic E-state index is 14.3. The van der Waals surface area contributed by atoms with Crippen molar-refractivity contribution in [3.63, 3.8) is 0 Å². The van der Waals surface area contributed by atoms with Crippen LogP contribution in [-0.4, -0.2) is 17.1 Å². The number of anilines is 2. The average molecular weight is 527 g/mol. The molecular weight excluding hydrogens is 495 g/mol. The number of halogens is 1. The standard InChI is InChI=1S/C32H31FN2O4/c1-3-4-10-23-17-24(28-19-25(33)13-16-27(28)31(36)37)18-29(30(23)39-20-22-8-6-5-7-9-22)35-32(38)34-26-14-11-21(2)12-15-26/h5-9,11-19H,3-4,10,20H2,1-2H3,(H,36,37)(H2,34,35,38). The number of carbonyl (C=O) groups excluding carboxylic acids is 1. The molecule has 0 heterocycles. The van der Waals surface area contributed by atoms with Crippen LogP contribution in [0.25, 0.3) is 11.1 Å². The molecule has 7 heteroatoms. The van der Waals surface area contributed by atoms with Gasteiger partial charge in [-0.15, -0.1) is 0 Å². The molecule has 4 aromatic carbocycles. The number of rotatable bonds is 10. The first-order valence-corrected chi connectivity index (χ1v) is 12.9. The van der Waals surface area contributed by atoms with Gasteiger partial charge in [0.2, 0.25) is 0 Å². The molecular formula is C32H31FN2O4. The van der Waals surface area contributed by atoms with Gasteiger partial charge in [-0.05, 0) is 84.5 Å². The largest absolute Gasteiger partial charge is 0.486 e.